The van der Waals surface area contributed by atoms with Crippen LogP contribution < -0.4 is 9.80 Å². The second kappa shape index (κ2) is 11.8. The van der Waals surface area contributed by atoms with Gasteiger partial charge < -0.3 is 9.80 Å². The third-order valence-electron chi connectivity index (χ3n) is 8.06. The normalized spacial score (nSPS) is 18.6. The predicted molar refractivity (Wildman–Crippen MR) is 170 cm³/mol. The standard InChI is InChI=1S/C38H38N2/c1-29-11-9-17-37(27-29)39(33-13-5-3-6-14-33)35-23-19-31(20-24-35)32-21-25-36(26-22-32)40(34-15-7-4-8-16-34)38-18-10-12-30(2)28-38/h3-9,11,13-17,19,21-28,30-31H,10,12,18,20H2,1-2H3. The molecule has 0 saturated carbocycles. The summed E-state index contributed by atoms with van der Waals surface area (Å²) in [7, 11) is 0. The highest BCUT2D eigenvalue weighted by molar-refractivity contribution is 5.71. The minimum absolute atomic E-state index is 0.368. The maximum Gasteiger partial charge on any atom is 0.0464 e. The quantitative estimate of drug-likeness (QED) is 0.238. The molecule has 0 heterocycles. The predicted octanol–water partition coefficient (Wildman–Crippen LogP) is 10.6. The number of allylic oxidation sites excluding steroid dienone is 5. The smallest absolute Gasteiger partial charge is 0.0464 e. The number of benzene rings is 4. The Labute approximate surface area is 239 Å². The van der Waals surface area contributed by atoms with Gasteiger partial charge in [-0.05, 0) is 104 Å². The number of anilines is 4. The summed E-state index contributed by atoms with van der Waals surface area (Å²) in [6, 6.07) is 39.5. The van der Waals surface area contributed by atoms with Crippen LogP contribution >= 0.6 is 0 Å². The first-order valence-corrected chi connectivity index (χ1v) is 14.6. The van der Waals surface area contributed by atoms with Crippen LogP contribution in [0.25, 0.3) is 0 Å². The van der Waals surface area contributed by atoms with Gasteiger partial charge in [0.25, 0.3) is 0 Å². The second-order valence-electron chi connectivity index (χ2n) is 11.1. The first kappa shape index (κ1) is 26.0. The van der Waals surface area contributed by atoms with Crippen molar-refractivity contribution in [2.75, 3.05) is 9.80 Å². The molecule has 2 nitrogen and oxygen atoms in total. The summed E-state index contributed by atoms with van der Waals surface area (Å²) in [5.74, 6) is 0.991. The van der Waals surface area contributed by atoms with Crippen LogP contribution in [0.4, 0.5) is 22.7 Å². The molecule has 2 aliphatic rings. The maximum atomic E-state index is 2.47. The number of rotatable bonds is 7. The van der Waals surface area contributed by atoms with Gasteiger partial charge in [-0.15, -0.1) is 0 Å². The van der Waals surface area contributed by atoms with E-state index in [-0.39, 0.29) is 0 Å². The number of nitrogens with zero attached hydrogens (tertiary/aromatic N) is 2. The van der Waals surface area contributed by atoms with E-state index in [1.807, 2.05) is 0 Å². The molecule has 0 aliphatic heterocycles. The zero-order chi connectivity index (χ0) is 27.3. The fraction of sp³-hybridized carbons (Fsp3) is 0.211. The molecule has 2 atom stereocenters. The van der Waals surface area contributed by atoms with E-state index in [0.717, 1.165) is 12.8 Å². The fourth-order valence-corrected chi connectivity index (χ4v) is 6.03. The molecule has 0 radical (unpaired) electrons. The van der Waals surface area contributed by atoms with Gasteiger partial charge in [0.1, 0.15) is 0 Å². The van der Waals surface area contributed by atoms with E-state index in [1.165, 1.54) is 58.1 Å². The third-order valence-corrected chi connectivity index (χ3v) is 8.06. The zero-order valence-electron chi connectivity index (χ0n) is 23.6. The van der Waals surface area contributed by atoms with Crippen molar-refractivity contribution < 1.29 is 0 Å². The lowest BCUT2D eigenvalue weighted by atomic mass is 9.90. The average molecular weight is 523 g/mol. The molecule has 2 unspecified atom stereocenters. The average Bonchev–Trinajstić information content (AvgIpc) is 3.00. The molecule has 0 bridgehead atoms. The third kappa shape index (κ3) is 5.67. The van der Waals surface area contributed by atoms with Crippen molar-refractivity contribution in [3.63, 3.8) is 0 Å². The molecule has 0 spiro atoms. The summed E-state index contributed by atoms with van der Waals surface area (Å²) in [4.78, 5) is 4.81. The van der Waals surface area contributed by atoms with Crippen LogP contribution in [0.1, 0.15) is 49.7 Å². The summed E-state index contributed by atoms with van der Waals surface area (Å²) in [6.07, 6.45) is 14.1. The molecule has 0 fully saturated rings. The van der Waals surface area contributed by atoms with Gasteiger partial charge in [0, 0.05) is 40.1 Å². The second-order valence-corrected chi connectivity index (χ2v) is 11.1. The molecule has 40 heavy (non-hydrogen) atoms. The van der Waals surface area contributed by atoms with Crippen molar-refractivity contribution in [3.8, 4) is 0 Å². The number of hydrogen-bond acceptors (Lipinski definition) is 2. The highest BCUT2D eigenvalue weighted by Crippen LogP contribution is 2.38. The summed E-state index contributed by atoms with van der Waals surface area (Å²) in [5, 5.41) is 0. The molecule has 0 aromatic heterocycles. The summed E-state index contributed by atoms with van der Waals surface area (Å²) >= 11 is 0. The highest BCUT2D eigenvalue weighted by Gasteiger charge is 2.21. The monoisotopic (exact) mass is 522 g/mol. The minimum Gasteiger partial charge on any atom is -0.315 e. The van der Waals surface area contributed by atoms with Gasteiger partial charge in [-0.25, -0.2) is 0 Å². The molecule has 4 aromatic rings. The molecule has 0 amide bonds. The fourth-order valence-electron chi connectivity index (χ4n) is 6.03. The van der Waals surface area contributed by atoms with E-state index in [2.05, 4.69) is 157 Å². The summed E-state index contributed by atoms with van der Waals surface area (Å²) < 4.78 is 0. The van der Waals surface area contributed by atoms with Crippen molar-refractivity contribution in [2.24, 2.45) is 5.92 Å². The topological polar surface area (TPSA) is 6.48 Å². The van der Waals surface area contributed by atoms with Gasteiger partial charge in [0.15, 0.2) is 0 Å². The van der Waals surface area contributed by atoms with Crippen LogP contribution in [-0.4, -0.2) is 0 Å². The summed E-state index contributed by atoms with van der Waals surface area (Å²) in [5.41, 5.74) is 10.1. The van der Waals surface area contributed by atoms with Crippen LogP contribution in [-0.2, 0) is 0 Å². The Bertz CT molecular complexity index is 1510. The van der Waals surface area contributed by atoms with E-state index in [4.69, 9.17) is 0 Å². The number of aryl methyl sites for hydroxylation is 1. The Kier molecular flexibility index (Phi) is 7.68. The Morgan fingerprint density at radius 3 is 1.95 bits per heavy atom. The Balaban J connectivity index is 1.25. The zero-order valence-corrected chi connectivity index (χ0v) is 23.6. The van der Waals surface area contributed by atoms with E-state index < -0.39 is 0 Å². The van der Waals surface area contributed by atoms with Gasteiger partial charge >= 0.3 is 0 Å². The molecule has 0 N–H and O–H groups in total. The molecule has 2 heteroatoms. The highest BCUT2D eigenvalue weighted by atomic mass is 15.2. The molecule has 4 aromatic carbocycles. The molecule has 2 aliphatic carbocycles. The number of hydrogen-bond donors (Lipinski definition) is 0. The summed E-state index contributed by atoms with van der Waals surface area (Å²) in [6.45, 7) is 4.49. The lowest BCUT2D eigenvalue weighted by Gasteiger charge is -2.32. The number of para-hydroxylation sites is 2. The van der Waals surface area contributed by atoms with E-state index in [1.54, 1.807) is 0 Å². The molecule has 6 rings (SSSR count). The van der Waals surface area contributed by atoms with Crippen LogP contribution in [0.5, 0.6) is 0 Å². The van der Waals surface area contributed by atoms with Crippen LogP contribution in [0.2, 0.25) is 0 Å². The van der Waals surface area contributed by atoms with E-state index >= 15 is 0 Å². The van der Waals surface area contributed by atoms with Crippen molar-refractivity contribution in [1.82, 2.24) is 0 Å². The van der Waals surface area contributed by atoms with Crippen LogP contribution in [0.3, 0.4) is 0 Å². The SMILES string of the molecule is Cc1cccc(N(C2=CCC(c3ccc(N(C4=CC(C)CCC4)c4ccccc4)cc3)C=C2)c2ccccc2)c1. The maximum absolute atomic E-state index is 2.47. The van der Waals surface area contributed by atoms with Crippen molar-refractivity contribution in [1.29, 1.82) is 0 Å². The lowest BCUT2D eigenvalue weighted by molar-refractivity contribution is 0.563. The van der Waals surface area contributed by atoms with Crippen molar-refractivity contribution >= 4 is 22.7 Å². The van der Waals surface area contributed by atoms with Crippen LogP contribution in [0.15, 0.2) is 145 Å². The van der Waals surface area contributed by atoms with E-state index in [0.29, 0.717) is 11.8 Å². The molecular weight excluding hydrogens is 484 g/mol. The van der Waals surface area contributed by atoms with Crippen molar-refractivity contribution in [3.05, 3.63) is 156 Å². The Morgan fingerprint density at radius 1 is 0.675 bits per heavy atom. The van der Waals surface area contributed by atoms with Gasteiger partial charge in [-0.2, -0.15) is 0 Å². The first-order chi connectivity index (χ1) is 19.7. The Hall–Kier alpha value is -4.30. The first-order valence-electron chi connectivity index (χ1n) is 14.6. The molecule has 0 saturated heterocycles. The van der Waals surface area contributed by atoms with Gasteiger partial charge in [-0.1, -0.05) is 85.8 Å². The molecule has 200 valence electrons. The van der Waals surface area contributed by atoms with Gasteiger partial charge in [0.05, 0.1) is 0 Å². The van der Waals surface area contributed by atoms with Crippen molar-refractivity contribution in [2.45, 2.75) is 45.4 Å². The largest absolute Gasteiger partial charge is 0.315 e. The van der Waals surface area contributed by atoms with Gasteiger partial charge in [-0.3, -0.25) is 0 Å². The lowest BCUT2D eigenvalue weighted by Crippen LogP contribution is -2.20. The van der Waals surface area contributed by atoms with Crippen LogP contribution in [0, 0.1) is 12.8 Å². The Morgan fingerprint density at radius 2 is 1.32 bits per heavy atom. The van der Waals surface area contributed by atoms with E-state index in [9.17, 15) is 0 Å². The minimum atomic E-state index is 0.368. The van der Waals surface area contributed by atoms with Gasteiger partial charge in [0.2, 0.25) is 0 Å². The molecular formula is C38H38N2.